The van der Waals surface area contributed by atoms with Crippen molar-refractivity contribution in [3.63, 3.8) is 0 Å². The first kappa shape index (κ1) is 14.1. The molecule has 0 fully saturated rings. The minimum absolute atomic E-state index is 0.0998. The standard InChI is InChI=1S/C12H16ClN3O2S/c1-7(2)8(3)14-12-15-10-5-4-9(13)6-11(10)19(17,18)16-12/h4-8H,1-3H3,(H2,14,15,16). The zero-order valence-electron chi connectivity index (χ0n) is 10.9. The Morgan fingerprint density at radius 1 is 1.32 bits per heavy atom. The molecule has 1 atom stereocenters. The number of guanidine groups is 1. The summed E-state index contributed by atoms with van der Waals surface area (Å²) in [6.45, 7) is 6.06. The van der Waals surface area contributed by atoms with Crippen LogP contribution >= 0.6 is 11.6 Å². The highest BCUT2D eigenvalue weighted by molar-refractivity contribution is 7.90. The summed E-state index contributed by atoms with van der Waals surface area (Å²) in [5.41, 5.74) is 0.484. The lowest BCUT2D eigenvalue weighted by Gasteiger charge is -2.24. The highest BCUT2D eigenvalue weighted by Gasteiger charge is 2.26. The molecule has 1 aliphatic rings. The van der Waals surface area contributed by atoms with E-state index in [-0.39, 0.29) is 16.9 Å². The van der Waals surface area contributed by atoms with E-state index in [0.717, 1.165) is 0 Å². The Labute approximate surface area is 118 Å². The van der Waals surface area contributed by atoms with Crippen molar-refractivity contribution in [2.24, 2.45) is 10.3 Å². The van der Waals surface area contributed by atoms with Crippen molar-refractivity contribution in [3.8, 4) is 0 Å². The van der Waals surface area contributed by atoms with Crippen LogP contribution < -0.4 is 10.6 Å². The highest BCUT2D eigenvalue weighted by Crippen LogP contribution is 2.29. The van der Waals surface area contributed by atoms with Crippen LogP contribution in [0.3, 0.4) is 0 Å². The van der Waals surface area contributed by atoms with Gasteiger partial charge in [0.15, 0.2) is 0 Å². The molecule has 1 heterocycles. The van der Waals surface area contributed by atoms with Crippen molar-refractivity contribution < 1.29 is 8.42 Å². The third-order valence-corrected chi connectivity index (χ3v) is 4.60. The summed E-state index contributed by atoms with van der Waals surface area (Å²) in [5.74, 6) is 0.606. The van der Waals surface area contributed by atoms with Crippen LogP contribution in [0.25, 0.3) is 0 Å². The Balaban J connectivity index is 2.35. The number of fused-ring (bicyclic) bond motifs is 1. The van der Waals surface area contributed by atoms with Gasteiger partial charge >= 0.3 is 0 Å². The fourth-order valence-corrected chi connectivity index (χ4v) is 2.92. The Hall–Kier alpha value is -1.27. The third kappa shape index (κ3) is 3.01. The molecule has 0 radical (unpaired) electrons. The molecule has 5 nitrogen and oxygen atoms in total. The van der Waals surface area contributed by atoms with Gasteiger partial charge in [-0.15, -0.1) is 4.40 Å². The first-order valence-corrected chi connectivity index (χ1v) is 7.79. The van der Waals surface area contributed by atoms with E-state index in [1.807, 2.05) is 20.8 Å². The van der Waals surface area contributed by atoms with Crippen LogP contribution in [0.5, 0.6) is 0 Å². The Morgan fingerprint density at radius 3 is 2.63 bits per heavy atom. The maximum atomic E-state index is 12.1. The normalized spacial score (nSPS) is 18.3. The highest BCUT2D eigenvalue weighted by atomic mass is 35.5. The number of nitrogens with zero attached hydrogens (tertiary/aromatic N) is 1. The first-order valence-electron chi connectivity index (χ1n) is 5.97. The predicted molar refractivity (Wildman–Crippen MR) is 77.1 cm³/mol. The number of nitrogens with one attached hydrogen (secondary N) is 2. The fourth-order valence-electron chi connectivity index (χ4n) is 1.58. The van der Waals surface area contributed by atoms with Crippen molar-refractivity contribution in [2.75, 3.05) is 5.32 Å². The molecule has 0 aliphatic carbocycles. The average molecular weight is 302 g/mol. The zero-order chi connectivity index (χ0) is 14.2. The molecule has 0 bridgehead atoms. The quantitative estimate of drug-likeness (QED) is 0.880. The smallest absolute Gasteiger partial charge is 0.287 e. The largest absolute Gasteiger partial charge is 0.352 e. The summed E-state index contributed by atoms with van der Waals surface area (Å²) in [4.78, 5) is 0.0998. The third-order valence-electron chi connectivity index (χ3n) is 3.05. The van der Waals surface area contributed by atoms with Gasteiger partial charge in [0.1, 0.15) is 4.90 Å². The van der Waals surface area contributed by atoms with E-state index in [1.165, 1.54) is 6.07 Å². The topological polar surface area (TPSA) is 70.6 Å². The van der Waals surface area contributed by atoms with Crippen LogP contribution in [0.15, 0.2) is 27.5 Å². The van der Waals surface area contributed by atoms with Crippen LogP contribution in [0.4, 0.5) is 5.69 Å². The molecule has 0 spiro atoms. The van der Waals surface area contributed by atoms with Gasteiger partial charge in [0.2, 0.25) is 5.96 Å². The number of sulfonamides is 1. The van der Waals surface area contributed by atoms with Gasteiger partial charge in [-0.1, -0.05) is 25.4 Å². The molecule has 19 heavy (non-hydrogen) atoms. The molecule has 2 N–H and O–H groups in total. The molecule has 7 heteroatoms. The second-order valence-corrected chi connectivity index (χ2v) is 6.87. The molecule has 0 saturated carbocycles. The molecule has 1 aliphatic heterocycles. The molecule has 0 amide bonds. The van der Waals surface area contributed by atoms with Gasteiger partial charge in [-0.3, -0.25) is 0 Å². The lowest BCUT2D eigenvalue weighted by Crippen LogP contribution is -2.42. The molecule has 1 aromatic carbocycles. The number of rotatable bonds is 2. The molecular weight excluding hydrogens is 286 g/mol. The minimum atomic E-state index is -3.71. The first-order chi connectivity index (χ1) is 8.79. The maximum absolute atomic E-state index is 12.1. The number of hydrogen-bond acceptors (Lipinski definition) is 4. The van der Waals surface area contributed by atoms with Gasteiger partial charge in [-0.25, -0.2) is 0 Å². The van der Waals surface area contributed by atoms with Crippen LogP contribution in [0.2, 0.25) is 5.02 Å². The predicted octanol–water partition coefficient (Wildman–Crippen LogP) is 2.44. The lowest BCUT2D eigenvalue weighted by atomic mass is 10.1. The summed E-state index contributed by atoms with van der Waals surface area (Å²) >= 11 is 5.81. The molecule has 1 unspecified atom stereocenters. The number of anilines is 1. The second kappa shape index (κ2) is 5.02. The maximum Gasteiger partial charge on any atom is 0.287 e. The Kier molecular flexibility index (Phi) is 3.73. The summed E-state index contributed by atoms with van der Waals surface area (Å²) in [5, 5.41) is 6.39. The van der Waals surface area contributed by atoms with Crippen molar-refractivity contribution >= 4 is 33.3 Å². The summed E-state index contributed by atoms with van der Waals surface area (Å²) in [7, 11) is -3.71. The molecule has 1 aromatic rings. The number of halogens is 1. The lowest BCUT2D eigenvalue weighted by molar-refractivity contribution is 0.486. The van der Waals surface area contributed by atoms with Crippen LogP contribution in [-0.2, 0) is 10.0 Å². The van der Waals surface area contributed by atoms with E-state index >= 15 is 0 Å². The molecule has 0 saturated heterocycles. The van der Waals surface area contributed by atoms with Crippen molar-refractivity contribution in [3.05, 3.63) is 23.2 Å². The van der Waals surface area contributed by atoms with Gasteiger partial charge in [-0.05, 0) is 31.0 Å². The molecule has 2 rings (SSSR count). The van der Waals surface area contributed by atoms with Crippen molar-refractivity contribution in [1.29, 1.82) is 0 Å². The van der Waals surface area contributed by atoms with E-state index in [2.05, 4.69) is 15.0 Å². The van der Waals surface area contributed by atoms with Crippen LogP contribution in [-0.4, -0.2) is 20.4 Å². The summed E-state index contributed by atoms with van der Waals surface area (Å²) < 4.78 is 27.8. The summed E-state index contributed by atoms with van der Waals surface area (Å²) in [6, 6.07) is 4.77. The zero-order valence-corrected chi connectivity index (χ0v) is 12.5. The van der Waals surface area contributed by atoms with E-state index in [0.29, 0.717) is 16.6 Å². The Morgan fingerprint density at radius 2 is 2.00 bits per heavy atom. The number of benzene rings is 1. The van der Waals surface area contributed by atoms with Gasteiger partial charge in [0.05, 0.1) is 5.69 Å². The van der Waals surface area contributed by atoms with Gasteiger partial charge < -0.3 is 10.6 Å². The molecule has 104 valence electrons. The SMILES string of the molecule is CC(C)C(C)NC1=NS(=O)(=O)c2cc(Cl)ccc2N1. The average Bonchev–Trinajstić information content (AvgIpc) is 2.29. The molecule has 0 aromatic heterocycles. The van der Waals surface area contributed by atoms with E-state index < -0.39 is 10.0 Å². The van der Waals surface area contributed by atoms with E-state index in [4.69, 9.17) is 11.6 Å². The van der Waals surface area contributed by atoms with Crippen molar-refractivity contribution in [1.82, 2.24) is 5.32 Å². The van der Waals surface area contributed by atoms with Crippen LogP contribution in [0.1, 0.15) is 20.8 Å². The summed E-state index contributed by atoms with van der Waals surface area (Å²) in [6.07, 6.45) is 0. The Bertz CT molecular complexity index is 626. The van der Waals surface area contributed by atoms with Gasteiger partial charge in [0, 0.05) is 11.1 Å². The second-order valence-electron chi connectivity index (χ2n) is 4.86. The monoisotopic (exact) mass is 301 g/mol. The van der Waals surface area contributed by atoms with Gasteiger partial charge in [0.25, 0.3) is 10.0 Å². The fraction of sp³-hybridized carbons (Fsp3) is 0.417. The van der Waals surface area contributed by atoms with Gasteiger partial charge in [-0.2, -0.15) is 8.42 Å². The van der Waals surface area contributed by atoms with E-state index in [1.54, 1.807) is 12.1 Å². The number of hydrogen-bond donors (Lipinski definition) is 2. The molecular formula is C12H16ClN3O2S. The van der Waals surface area contributed by atoms with Crippen LogP contribution in [0, 0.1) is 5.92 Å². The minimum Gasteiger partial charge on any atom is -0.352 e. The van der Waals surface area contributed by atoms with E-state index in [9.17, 15) is 8.42 Å². The van der Waals surface area contributed by atoms with Crippen molar-refractivity contribution in [2.45, 2.75) is 31.7 Å².